The van der Waals surface area contributed by atoms with Crippen molar-refractivity contribution in [2.75, 3.05) is 0 Å². The number of aliphatic hydroxyl groups excluding tert-OH is 1. The van der Waals surface area contributed by atoms with E-state index in [2.05, 4.69) is 4.98 Å². The van der Waals surface area contributed by atoms with E-state index < -0.39 is 5.82 Å². The van der Waals surface area contributed by atoms with Gasteiger partial charge in [-0.1, -0.05) is 0 Å². The van der Waals surface area contributed by atoms with Crippen LogP contribution in [0.25, 0.3) is 0 Å². The molecule has 1 aromatic carbocycles. The van der Waals surface area contributed by atoms with Gasteiger partial charge in [-0.25, -0.2) is 4.39 Å². The fraction of sp³-hybridized carbons (Fsp3) is 0.143. The zero-order valence-electron chi connectivity index (χ0n) is 10.2. The maximum Gasteiger partial charge on any atom is 0.180 e. The molecular formula is C14H11FN2O2. The molecule has 1 aromatic heterocycles. The zero-order valence-corrected chi connectivity index (χ0v) is 10.2. The van der Waals surface area contributed by atoms with Crippen LogP contribution in [0.1, 0.15) is 16.8 Å². The summed E-state index contributed by atoms with van der Waals surface area (Å²) >= 11 is 0. The van der Waals surface area contributed by atoms with Gasteiger partial charge in [0.1, 0.15) is 11.8 Å². The Bertz CT molecular complexity index is 650. The Labute approximate surface area is 109 Å². The highest BCUT2D eigenvalue weighted by Gasteiger charge is 2.13. The van der Waals surface area contributed by atoms with Gasteiger partial charge < -0.3 is 9.84 Å². The SMILES string of the molecule is Cc1cc(Oc2c(F)cc(CO)cc2C#N)ccn1. The minimum atomic E-state index is -0.683. The molecule has 0 spiro atoms. The van der Waals surface area contributed by atoms with E-state index in [4.69, 9.17) is 15.1 Å². The Morgan fingerprint density at radius 1 is 1.42 bits per heavy atom. The average molecular weight is 258 g/mol. The van der Waals surface area contributed by atoms with Crippen LogP contribution < -0.4 is 4.74 Å². The Morgan fingerprint density at radius 3 is 2.84 bits per heavy atom. The van der Waals surface area contributed by atoms with Gasteiger partial charge in [-0.2, -0.15) is 5.26 Å². The lowest BCUT2D eigenvalue weighted by Crippen LogP contribution is -1.96. The van der Waals surface area contributed by atoms with E-state index >= 15 is 0 Å². The van der Waals surface area contributed by atoms with Crippen molar-refractivity contribution in [2.24, 2.45) is 0 Å². The number of aromatic nitrogens is 1. The molecule has 0 aliphatic carbocycles. The van der Waals surface area contributed by atoms with Crippen molar-refractivity contribution in [3.63, 3.8) is 0 Å². The summed E-state index contributed by atoms with van der Waals surface area (Å²) in [5.41, 5.74) is 1.09. The first kappa shape index (κ1) is 13.0. The van der Waals surface area contributed by atoms with Crippen LogP contribution in [0, 0.1) is 24.1 Å². The quantitative estimate of drug-likeness (QED) is 0.919. The Morgan fingerprint density at radius 2 is 2.21 bits per heavy atom. The highest BCUT2D eigenvalue weighted by Crippen LogP contribution is 2.29. The molecule has 1 N–H and O–H groups in total. The van der Waals surface area contributed by atoms with Crippen molar-refractivity contribution in [1.29, 1.82) is 5.26 Å². The number of nitriles is 1. The molecule has 0 atom stereocenters. The molecule has 4 nitrogen and oxygen atoms in total. The van der Waals surface area contributed by atoms with Gasteiger partial charge in [-0.05, 0) is 30.7 Å². The summed E-state index contributed by atoms with van der Waals surface area (Å²) in [6.07, 6.45) is 1.54. The third-order valence-electron chi connectivity index (χ3n) is 2.49. The number of rotatable bonds is 3. The summed E-state index contributed by atoms with van der Waals surface area (Å²) in [5, 5.41) is 18.0. The molecule has 5 heteroatoms. The third-order valence-corrected chi connectivity index (χ3v) is 2.49. The fourth-order valence-corrected chi connectivity index (χ4v) is 1.63. The summed E-state index contributed by atoms with van der Waals surface area (Å²) in [6, 6.07) is 7.61. The van der Waals surface area contributed by atoms with Gasteiger partial charge >= 0.3 is 0 Å². The summed E-state index contributed by atoms with van der Waals surface area (Å²) in [4.78, 5) is 4.00. The molecule has 0 saturated heterocycles. The summed E-state index contributed by atoms with van der Waals surface area (Å²) in [7, 11) is 0. The van der Waals surface area contributed by atoms with Gasteiger partial charge in [0, 0.05) is 18.0 Å². The maximum atomic E-state index is 13.9. The number of benzene rings is 1. The van der Waals surface area contributed by atoms with Crippen molar-refractivity contribution in [2.45, 2.75) is 13.5 Å². The zero-order chi connectivity index (χ0) is 13.8. The Kier molecular flexibility index (Phi) is 3.74. The minimum absolute atomic E-state index is 0.0403. The van der Waals surface area contributed by atoms with E-state index in [-0.39, 0.29) is 17.9 Å². The lowest BCUT2D eigenvalue weighted by molar-refractivity contribution is 0.281. The highest BCUT2D eigenvalue weighted by atomic mass is 19.1. The first-order valence-corrected chi connectivity index (χ1v) is 5.58. The Hall–Kier alpha value is -2.45. The molecule has 2 rings (SSSR count). The van der Waals surface area contributed by atoms with Crippen LogP contribution in [0.5, 0.6) is 11.5 Å². The van der Waals surface area contributed by atoms with Crippen LogP contribution in [0.15, 0.2) is 30.5 Å². The van der Waals surface area contributed by atoms with Crippen LogP contribution >= 0.6 is 0 Å². The van der Waals surface area contributed by atoms with E-state index in [0.717, 1.165) is 11.8 Å². The summed E-state index contributed by atoms with van der Waals surface area (Å²) in [5.74, 6) is -0.428. The van der Waals surface area contributed by atoms with Crippen LogP contribution in [-0.4, -0.2) is 10.1 Å². The first-order chi connectivity index (χ1) is 9.13. The van der Waals surface area contributed by atoms with Crippen molar-refractivity contribution in [3.05, 3.63) is 53.1 Å². The first-order valence-electron chi connectivity index (χ1n) is 5.58. The molecule has 0 bridgehead atoms. The maximum absolute atomic E-state index is 13.9. The van der Waals surface area contributed by atoms with E-state index in [1.54, 1.807) is 19.1 Å². The molecule has 0 amide bonds. The molecule has 0 unspecified atom stereocenters. The molecule has 96 valence electrons. The number of ether oxygens (including phenoxy) is 1. The van der Waals surface area contributed by atoms with E-state index in [9.17, 15) is 4.39 Å². The standard InChI is InChI=1S/C14H11FN2O2/c1-9-4-12(2-3-17-9)19-14-11(7-16)5-10(8-18)6-13(14)15/h2-6,18H,8H2,1H3. The monoisotopic (exact) mass is 258 g/mol. The largest absolute Gasteiger partial charge is 0.453 e. The molecule has 19 heavy (non-hydrogen) atoms. The number of aryl methyl sites for hydroxylation is 1. The molecule has 0 aliphatic rings. The van der Waals surface area contributed by atoms with Gasteiger partial charge in [-0.3, -0.25) is 4.98 Å². The van der Waals surface area contributed by atoms with E-state index in [1.807, 2.05) is 6.07 Å². The lowest BCUT2D eigenvalue weighted by Gasteiger charge is -2.10. The molecule has 2 aromatic rings. The summed E-state index contributed by atoms with van der Waals surface area (Å²) < 4.78 is 19.3. The number of aliphatic hydroxyl groups is 1. The van der Waals surface area contributed by atoms with Crippen LogP contribution in [0.4, 0.5) is 4.39 Å². The number of hydrogen-bond acceptors (Lipinski definition) is 4. The van der Waals surface area contributed by atoms with Crippen molar-refractivity contribution in [1.82, 2.24) is 4.98 Å². The topological polar surface area (TPSA) is 66.1 Å². The molecular weight excluding hydrogens is 247 g/mol. The van der Waals surface area contributed by atoms with Gasteiger partial charge in [0.15, 0.2) is 11.6 Å². The second-order valence-electron chi connectivity index (χ2n) is 3.96. The predicted molar refractivity (Wildman–Crippen MR) is 66.1 cm³/mol. The second kappa shape index (κ2) is 5.46. The van der Waals surface area contributed by atoms with Crippen molar-refractivity contribution >= 4 is 0 Å². The number of halogens is 1. The van der Waals surface area contributed by atoms with Crippen LogP contribution in [-0.2, 0) is 6.61 Å². The lowest BCUT2D eigenvalue weighted by atomic mass is 10.1. The summed E-state index contributed by atoms with van der Waals surface area (Å²) in [6.45, 7) is 1.45. The number of nitrogens with zero attached hydrogens (tertiary/aromatic N) is 2. The predicted octanol–water partition coefficient (Wildman–Crippen LogP) is 2.69. The third kappa shape index (κ3) is 2.87. The molecule has 1 heterocycles. The van der Waals surface area contributed by atoms with E-state index in [0.29, 0.717) is 11.3 Å². The van der Waals surface area contributed by atoms with Crippen LogP contribution in [0.2, 0.25) is 0 Å². The Balaban J connectivity index is 2.43. The van der Waals surface area contributed by atoms with Gasteiger partial charge in [0.2, 0.25) is 0 Å². The van der Waals surface area contributed by atoms with Gasteiger partial charge in [-0.15, -0.1) is 0 Å². The van der Waals surface area contributed by atoms with Crippen molar-refractivity contribution < 1.29 is 14.2 Å². The fourth-order valence-electron chi connectivity index (χ4n) is 1.63. The number of hydrogen-bond donors (Lipinski definition) is 1. The number of pyridine rings is 1. The molecule has 0 fully saturated rings. The van der Waals surface area contributed by atoms with Gasteiger partial charge in [0.25, 0.3) is 0 Å². The van der Waals surface area contributed by atoms with E-state index in [1.165, 1.54) is 12.3 Å². The normalized spacial score (nSPS) is 10.0. The molecule has 0 saturated carbocycles. The average Bonchev–Trinajstić information content (AvgIpc) is 2.40. The highest BCUT2D eigenvalue weighted by molar-refractivity contribution is 5.48. The van der Waals surface area contributed by atoms with Gasteiger partial charge in [0.05, 0.1) is 12.2 Å². The molecule has 0 aliphatic heterocycles. The molecule has 0 radical (unpaired) electrons. The minimum Gasteiger partial charge on any atom is -0.453 e. The second-order valence-corrected chi connectivity index (χ2v) is 3.96. The smallest absolute Gasteiger partial charge is 0.180 e. The van der Waals surface area contributed by atoms with Crippen LogP contribution in [0.3, 0.4) is 0 Å². The van der Waals surface area contributed by atoms with Crippen molar-refractivity contribution in [3.8, 4) is 17.6 Å².